The first-order valence-corrected chi connectivity index (χ1v) is 14.3. The Labute approximate surface area is 236 Å². The number of hydrogen-bond donors (Lipinski definition) is 0. The van der Waals surface area contributed by atoms with Crippen molar-refractivity contribution in [2.24, 2.45) is 0 Å². The summed E-state index contributed by atoms with van der Waals surface area (Å²) in [5.41, 5.74) is 3.39. The van der Waals surface area contributed by atoms with Gasteiger partial charge in [-0.15, -0.1) is 0 Å². The van der Waals surface area contributed by atoms with Gasteiger partial charge in [-0.3, -0.25) is 19.3 Å². The van der Waals surface area contributed by atoms with E-state index in [1.54, 1.807) is 31.2 Å². The van der Waals surface area contributed by atoms with E-state index in [0.29, 0.717) is 56.9 Å². The van der Waals surface area contributed by atoms with Crippen LogP contribution in [-0.4, -0.2) is 29.9 Å². The Morgan fingerprint density at radius 2 is 1.80 bits per heavy atom. The van der Waals surface area contributed by atoms with Gasteiger partial charge in [0.15, 0.2) is 27.8 Å². The molecule has 3 heterocycles. The van der Waals surface area contributed by atoms with E-state index in [9.17, 15) is 14.4 Å². The topological polar surface area (TPSA) is 98.9 Å². The fourth-order valence-electron chi connectivity index (χ4n) is 4.96. The number of anilines is 1. The molecule has 5 rings (SSSR count). The molecule has 4 aromatic rings. The smallest absolute Gasteiger partial charge is 0.297 e. The summed E-state index contributed by atoms with van der Waals surface area (Å²) >= 11 is 1.13. The molecule has 9 heteroatoms. The summed E-state index contributed by atoms with van der Waals surface area (Å²) in [6.07, 6.45) is 1.90. The number of carbonyl (C=O) groups excluding carboxylic acids is 2. The summed E-state index contributed by atoms with van der Waals surface area (Å²) in [6, 6.07) is 8.20. The van der Waals surface area contributed by atoms with Crippen molar-refractivity contribution < 1.29 is 23.5 Å². The number of Topliss-reactive ketones (excluding diaryl/α,β-unsaturated/α-hetero) is 1. The molecule has 1 atom stereocenters. The van der Waals surface area contributed by atoms with Crippen LogP contribution < -0.4 is 19.8 Å². The number of rotatable bonds is 9. The van der Waals surface area contributed by atoms with Gasteiger partial charge in [0.1, 0.15) is 5.58 Å². The molecule has 2 aromatic heterocycles. The van der Waals surface area contributed by atoms with Crippen LogP contribution in [0.2, 0.25) is 0 Å². The van der Waals surface area contributed by atoms with Crippen LogP contribution in [0.25, 0.3) is 11.0 Å². The Hall–Kier alpha value is -3.98. The molecule has 1 aliphatic rings. The van der Waals surface area contributed by atoms with Gasteiger partial charge in [0.2, 0.25) is 5.76 Å². The summed E-state index contributed by atoms with van der Waals surface area (Å²) in [7, 11) is 0. The number of amides is 1. The summed E-state index contributed by atoms with van der Waals surface area (Å²) in [6.45, 7) is 12.0. The average molecular weight is 561 g/mol. The molecule has 1 amide bonds. The number of hydrogen-bond acceptors (Lipinski definition) is 8. The van der Waals surface area contributed by atoms with Gasteiger partial charge in [0.25, 0.3) is 5.91 Å². The number of carbonyl (C=O) groups is 2. The van der Waals surface area contributed by atoms with E-state index in [2.05, 4.69) is 11.9 Å². The molecule has 208 valence electrons. The Morgan fingerprint density at radius 1 is 1.05 bits per heavy atom. The molecular weight excluding hydrogens is 528 g/mol. The zero-order chi connectivity index (χ0) is 28.7. The summed E-state index contributed by atoms with van der Waals surface area (Å²) in [5, 5.41) is 0.729. The number of ketones is 1. The van der Waals surface area contributed by atoms with Gasteiger partial charge in [-0.25, -0.2) is 4.98 Å². The number of thiazole rings is 1. The highest BCUT2D eigenvalue weighted by Crippen LogP contribution is 2.45. The highest BCUT2D eigenvalue weighted by molar-refractivity contribution is 7.17. The van der Waals surface area contributed by atoms with Crippen LogP contribution in [0.4, 0.5) is 5.13 Å². The Kier molecular flexibility index (Phi) is 7.51. The van der Waals surface area contributed by atoms with Crippen molar-refractivity contribution in [2.45, 2.75) is 60.4 Å². The largest absolute Gasteiger partial charge is 0.490 e. The van der Waals surface area contributed by atoms with Crippen LogP contribution in [0.5, 0.6) is 11.5 Å². The van der Waals surface area contributed by atoms with Crippen molar-refractivity contribution in [1.29, 1.82) is 0 Å². The molecular formula is C31H32N2O6S. The van der Waals surface area contributed by atoms with Crippen LogP contribution in [0.1, 0.15) is 87.8 Å². The molecule has 0 saturated heterocycles. The van der Waals surface area contributed by atoms with Crippen LogP contribution in [0.15, 0.2) is 39.5 Å². The SMILES string of the molecule is CCCCOc1ccc(C2c3c(oc4cc(C)c(C)cc4c3=O)C(=O)N2c2nc(C)c(C(C)=O)s2)cc1OCC. The zero-order valence-corrected chi connectivity index (χ0v) is 24.4. The van der Waals surface area contributed by atoms with Crippen LogP contribution in [0, 0.1) is 20.8 Å². The van der Waals surface area contributed by atoms with Gasteiger partial charge in [-0.05, 0) is 75.1 Å². The van der Waals surface area contributed by atoms with E-state index < -0.39 is 11.9 Å². The first kappa shape index (κ1) is 27.6. The predicted molar refractivity (Wildman–Crippen MR) is 155 cm³/mol. The zero-order valence-electron chi connectivity index (χ0n) is 23.5. The molecule has 2 aromatic carbocycles. The van der Waals surface area contributed by atoms with Crippen molar-refractivity contribution >= 4 is 39.1 Å². The van der Waals surface area contributed by atoms with E-state index >= 15 is 0 Å². The van der Waals surface area contributed by atoms with E-state index in [4.69, 9.17) is 13.9 Å². The minimum absolute atomic E-state index is 0.0239. The minimum Gasteiger partial charge on any atom is -0.490 e. The minimum atomic E-state index is -0.834. The molecule has 8 nitrogen and oxygen atoms in total. The number of fused-ring (bicyclic) bond motifs is 2. The van der Waals surface area contributed by atoms with Gasteiger partial charge in [-0.2, -0.15) is 0 Å². The number of unbranched alkanes of at least 4 members (excludes halogenated alkanes) is 1. The van der Waals surface area contributed by atoms with Crippen LogP contribution in [-0.2, 0) is 0 Å². The lowest BCUT2D eigenvalue weighted by Gasteiger charge is -2.23. The fraction of sp³-hybridized carbons (Fsp3) is 0.355. The van der Waals surface area contributed by atoms with Crippen molar-refractivity contribution in [3.63, 3.8) is 0 Å². The maximum absolute atomic E-state index is 14.1. The number of aryl methyl sites for hydroxylation is 3. The molecule has 1 aliphatic heterocycles. The van der Waals surface area contributed by atoms with E-state index in [-0.39, 0.29) is 22.5 Å². The second kappa shape index (κ2) is 10.9. The second-order valence-corrected chi connectivity index (χ2v) is 11.0. The lowest BCUT2D eigenvalue weighted by Crippen LogP contribution is -2.29. The molecule has 40 heavy (non-hydrogen) atoms. The van der Waals surface area contributed by atoms with Crippen molar-refractivity contribution in [3.8, 4) is 11.5 Å². The van der Waals surface area contributed by atoms with Crippen molar-refractivity contribution in [2.75, 3.05) is 18.1 Å². The Bertz CT molecular complexity index is 1700. The first-order valence-electron chi connectivity index (χ1n) is 13.5. The number of ether oxygens (including phenoxy) is 2. The first-order chi connectivity index (χ1) is 19.2. The Balaban J connectivity index is 1.74. The standard InChI is InChI=1S/C31H32N2O6S/c1-7-9-12-38-22-11-10-20(15-24(22)37-8-2)26-25-27(35)21-13-16(3)17(4)14-23(21)39-28(25)30(36)33(26)31-32-18(5)29(40-31)19(6)34/h10-11,13-15,26H,7-9,12H2,1-6H3. The maximum Gasteiger partial charge on any atom is 0.297 e. The highest BCUT2D eigenvalue weighted by Gasteiger charge is 2.45. The third kappa shape index (κ3) is 4.68. The highest BCUT2D eigenvalue weighted by atomic mass is 32.1. The summed E-state index contributed by atoms with van der Waals surface area (Å²) in [4.78, 5) is 46.8. The molecule has 0 aliphatic carbocycles. The van der Waals surface area contributed by atoms with Gasteiger partial charge in [0.05, 0.1) is 40.8 Å². The lowest BCUT2D eigenvalue weighted by molar-refractivity contribution is 0.0969. The summed E-state index contributed by atoms with van der Waals surface area (Å²) < 4.78 is 18.0. The number of benzene rings is 2. The Morgan fingerprint density at radius 3 is 2.48 bits per heavy atom. The summed E-state index contributed by atoms with van der Waals surface area (Å²) in [5.74, 6) is 0.468. The molecule has 0 spiro atoms. The van der Waals surface area contributed by atoms with Crippen LogP contribution in [0.3, 0.4) is 0 Å². The van der Waals surface area contributed by atoms with Crippen LogP contribution >= 0.6 is 11.3 Å². The normalized spacial score (nSPS) is 14.6. The average Bonchev–Trinajstić information content (AvgIpc) is 3.44. The third-order valence-corrected chi connectivity index (χ3v) is 8.39. The maximum atomic E-state index is 14.1. The lowest BCUT2D eigenvalue weighted by atomic mass is 9.97. The monoisotopic (exact) mass is 560 g/mol. The molecule has 0 N–H and O–H groups in total. The molecule has 0 radical (unpaired) electrons. The molecule has 1 unspecified atom stereocenters. The molecule has 0 bridgehead atoms. The van der Waals surface area contributed by atoms with E-state index in [0.717, 1.165) is 35.3 Å². The van der Waals surface area contributed by atoms with Gasteiger partial charge in [-0.1, -0.05) is 30.7 Å². The van der Waals surface area contributed by atoms with E-state index in [1.165, 1.54) is 11.8 Å². The second-order valence-electron chi connectivity index (χ2n) is 9.99. The fourth-order valence-corrected chi connectivity index (χ4v) is 5.95. The predicted octanol–water partition coefficient (Wildman–Crippen LogP) is 6.70. The molecule has 0 fully saturated rings. The number of nitrogens with zero attached hydrogens (tertiary/aromatic N) is 2. The van der Waals surface area contributed by atoms with E-state index in [1.807, 2.05) is 26.8 Å². The quantitative estimate of drug-likeness (QED) is 0.166. The third-order valence-electron chi connectivity index (χ3n) is 7.14. The van der Waals surface area contributed by atoms with Gasteiger partial charge in [0, 0.05) is 6.92 Å². The van der Waals surface area contributed by atoms with Crippen molar-refractivity contribution in [1.82, 2.24) is 4.98 Å². The molecule has 0 saturated carbocycles. The van der Waals surface area contributed by atoms with Gasteiger partial charge >= 0.3 is 0 Å². The number of aromatic nitrogens is 1. The van der Waals surface area contributed by atoms with Crippen molar-refractivity contribution in [3.05, 3.63) is 79.1 Å². The van der Waals surface area contributed by atoms with Gasteiger partial charge < -0.3 is 13.9 Å².